The Bertz CT molecular complexity index is 771. The van der Waals surface area contributed by atoms with Crippen LogP contribution in [0.2, 0.25) is 0 Å². The van der Waals surface area contributed by atoms with Crippen LogP contribution < -0.4 is 15.5 Å². The predicted octanol–water partition coefficient (Wildman–Crippen LogP) is 2.21. The van der Waals surface area contributed by atoms with E-state index in [-0.39, 0.29) is 6.04 Å². The number of benzene rings is 2. The van der Waals surface area contributed by atoms with E-state index >= 15 is 0 Å². The average Bonchev–Trinajstić information content (AvgIpc) is 2.61. The molecule has 0 unspecified atom stereocenters. The van der Waals surface area contributed by atoms with Gasteiger partial charge in [0.15, 0.2) is 0 Å². The molecule has 0 saturated heterocycles. The van der Waals surface area contributed by atoms with Crippen LogP contribution in [-0.2, 0) is 9.59 Å². The van der Waals surface area contributed by atoms with Crippen LogP contribution in [-0.4, -0.2) is 31.2 Å². The molecular weight excluding hydrogens is 306 g/mol. The van der Waals surface area contributed by atoms with Gasteiger partial charge in [0.05, 0.1) is 13.3 Å². The summed E-state index contributed by atoms with van der Waals surface area (Å²) in [5, 5.41) is 8.44. The first-order chi connectivity index (χ1) is 11.6. The number of carbonyl (C=O) groups excluding carboxylic acids is 2. The first-order valence-electron chi connectivity index (χ1n) is 7.76. The van der Waals surface area contributed by atoms with E-state index in [1.54, 1.807) is 7.11 Å². The maximum atomic E-state index is 11.7. The number of carbonyl (C=O) groups is 2. The molecule has 2 aromatic carbocycles. The zero-order valence-corrected chi connectivity index (χ0v) is 14.0. The summed E-state index contributed by atoms with van der Waals surface area (Å²) in [7, 11) is 1.57. The molecular formula is C18H21N3O3. The summed E-state index contributed by atoms with van der Waals surface area (Å²) in [5.41, 5.74) is 2.97. The predicted molar refractivity (Wildman–Crippen MR) is 94.1 cm³/mol. The van der Waals surface area contributed by atoms with E-state index in [0.717, 1.165) is 22.8 Å². The number of ether oxygens (including phenoxy) is 1. The van der Waals surface area contributed by atoms with Crippen molar-refractivity contribution in [2.75, 3.05) is 7.11 Å². The lowest BCUT2D eigenvalue weighted by atomic mass is 10.0. The molecule has 0 saturated carbocycles. The third-order valence-corrected chi connectivity index (χ3v) is 3.71. The van der Waals surface area contributed by atoms with Crippen molar-refractivity contribution in [1.29, 1.82) is 0 Å². The van der Waals surface area contributed by atoms with Crippen LogP contribution in [0.25, 0.3) is 10.8 Å². The van der Waals surface area contributed by atoms with Crippen LogP contribution in [0.3, 0.4) is 0 Å². The van der Waals surface area contributed by atoms with Gasteiger partial charge in [-0.05, 0) is 30.2 Å². The fourth-order valence-electron chi connectivity index (χ4n) is 2.18. The maximum absolute atomic E-state index is 11.7. The minimum atomic E-state index is -0.800. The number of fused-ring (bicyclic) bond motifs is 1. The van der Waals surface area contributed by atoms with Crippen molar-refractivity contribution in [3.05, 3.63) is 42.0 Å². The first kappa shape index (κ1) is 17.5. The zero-order valence-electron chi connectivity index (χ0n) is 14.0. The highest BCUT2D eigenvalue weighted by atomic mass is 16.5. The third-order valence-electron chi connectivity index (χ3n) is 3.71. The molecule has 2 N–H and O–H groups in total. The van der Waals surface area contributed by atoms with Crippen LogP contribution in [0.15, 0.2) is 41.5 Å². The smallest absolute Gasteiger partial charge is 0.329 e. The molecule has 6 nitrogen and oxygen atoms in total. The summed E-state index contributed by atoms with van der Waals surface area (Å²) in [6.07, 6.45) is 2.23. The highest BCUT2D eigenvalue weighted by molar-refractivity contribution is 6.35. The molecule has 0 aliphatic carbocycles. The van der Waals surface area contributed by atoms with Crippen LogP contribution in [0.1, 0.15) is 25.8 Å². The monoisotopic (exact) mass is 327 g/mol. The van der Waals surface area contributed by atoms with E-state index in [4.69, 9.17) is 4.74 Å². The molecule has 0 aliphatic heterocycles. The van der Waals surface area contributed by atoms with E-state index in [1.807, 2.05) is 50.2 Å². The van der Waals surface area contributed by atoms with Crippen molar-refractivity contribution in [2.24, 2.45) is 5.10 Å². The number of hydrogen-bond donors (Lipinski definition) is 2. The van der Waals surface area contributed by atoms with Crippen LogP contribution in [0.5, 0.6) is 5.75 Å². The molecule has 0 fully saturated rings. The van der Waals surface area contributed by atoms with Gasteiger partial charge >= 0.3 is 11.8 Å². The third kappa shape index (κ3) is 4.10. The normalized spacial score (nSPS) is 12.1. The lowest BCUT2D eigenvalue weighted by molar-refractivity contribution is -0.139. The second-order valence-corrected chi connectivity index (χ2v) is 5.38. The van der Waals surface area contributed by atoms with Crippen LogP contribution in [0, 0.1) is 0 Å². The SMILES string of the molecule is CC[C@@H](C)NC(=O)C(=O)N/N=C\c1c(OC)ccc2ccccc12. The van der Waals surface area contributed by atoms with E-state index in [9.17, 15) is 9.59 Å². The second kappa shape index (κ2) is 8.10. The molecule has 0 aliphatic rings. The molecule has 2 aromatic rings. The lowest BCUT2D eigenvalue weighted by Crippen LogP contribution is -2.41. The summed E-state index contributed by atoms with van der Waals surface area (Å²) in [5.74, 6) is -0.868. The van der Waals surface area contributed by atoms with Gasteiger partial charge in [0.2, 0.25) is 0 Å². The highest BCUT2D eigenvalue weighted by Gasteiger charge is 2.14. The first-order valence-corrected chi connectivity index (χ1v) is 7.76. The van der Waals surface area contributed by atoms with Crippen molar-refractivity contribution in [1.82, 2.24) is 10.7 Å². The largest absolute Gasteiger partial charge is 0.496 e. The van der Waals surface area contributed by atoms with Gasteiger partial charge in [-0.15, -0.1) is 0 Å². The van der Waals surface area contributed by atoms with E-state index in [0.29, 0.717) is 5.75 Å². The summed E-state index contributed by atoms with van der Waals surface area (Å²) in [6, 6.07) is 11.5. The topological polar surface area (TPSA) is 79.8 Å². The number of amides is 2. The van der Waals surface area contributed by atoms with Gasteiger partial charge in [0, 0.05) is 11.6 Å². The van der Waals surface area contributed by atoms with Crippen LogP contribution in [0.4, 0.5) is 0 Å². The average molecular weight is 327 g/mol. The summed E-state index contributed by atoms with van der Waals surface area (Å²) < 4.78 is 5.34. The van der Waals surface area contributed by atoms with Gasteiger partial charge in [0.25, 0.3) is 0 Å². The Labute approximate surface area is 140 Å². The van der Waals surface area contributed by atoms with Crippen molar-refractivity contribution < 1.29 is 14.3 Å². The minimum absolute atomic E-state index is 0.0645. The van der Waals surface area contributed by atoms with Gasteiger partial charge in [-0.1, -0.05) is 37.3 Å². The highest BCUT2D eigenvalue weighted by Crippen LogP contribution is 2.26. The van der Waals surface area contributed by atoms with E-state index in [1.165, 1.54) is 6.21 Å². The number of hydrazone groups is 1. The molecule has 126 valence electrons. The second-order valence-electron chi connectivity index (χ2n) is 5.38. The molecule has 0 radical (unpaired) electrons. The number of rotatable bonds is 5. The minimum Gasteiger partial charge on any atom is -0.496 e. The van der Waals surface area contributed by atoms with Crippen molar-refractivity contribution in [3.8, 4) is 5.75 Å². The molecule has 6 heteroatoms. The number of methoxy groups -OCH3 is 1. The van der Waals surface area contributed by atoms with E-state index in [2.05, 4.69) is 15.8 Å². The molecule has 0 bridgehead atoms. The zero-order chi connectivity index (χ0) is 17.5. The standard InChI is InChI=1S/C18H21N3O3/c1-4-12(2)20-17(22)18(23)21-19-11-15-14-8-6-5-7-13(14)9-10-16(15)24-3/h5-12H,4H2,1-3H3,(H,20,22)(H,21,23)/b19-11-/t12-/m1/s1. The Kier molecular flexibility index (Phi) is 5.89. The molecule has 2 rings (SSSR count). The molecule has 0 heterocycles. The van der Waals surface area contributed by atoms with Gasteiger partial charge in [-0.25, -0.2) is 5.43 Å². The Hall–Kier alpha value is -2.89. The fourth-order valence-corrected chi connectivity index (χ4v) is 2.18. The van der Waals surface area contributed by atoms with Crippen molar-refractivity contribution in [3.63, 3.8) is 0 Å². The Morgan fingerprint density at radius 1 is 1.21 bits per heavy atom. The van der Waals surface area contributed by atoms with Gasteiger partial charge in [0.1, 0.15) is 5.75 Å². The Balaban J connectivity index is 2.16. The number of nitrogens with zero attached hydrogens (tertiary/aromatic N) is 1. The number of hydrogen-bond acceptors (Lipinski definition) is 4. The Morgan fingerprint density at radius 3 is 2.67 bits per heavy atom. The lowest BCUT2D eigenvalue weighted by Gasteiger charge is -2.10. The van der Waals surface area contributed by atoms with Crippen LogP contribution >= 0.6 is 0 Å². The maximum Gasteiger partial charge on any atom is 0.329 e. The number of nitrogens with one attached hydrogen (secondary N) is 2. The van der Waals surface area contributed by atoms with Crippen molar-refractivity contribution >= 4 is 28.8 Å². The Morgan fingerprint density at radius 2 is 1.96 bits per heavy atom. The summed E-state index contributed by atoms with van der Waals surface area (Å²) in [6.45, 7) is 3.75. The fraction of sp³-hybridized carbons (Fsp3) is 0.278. The van der Waals surface area contributed by atoms with Crippen molar-refractivity contribution in [2.45, 2.75) is 26.3 Å². The van der Waals surface area contributed by atoms with Gasteiger partial charge in [-0.3, -0.25) is 9.59 Å². The van der Waals surface area contributed by atoms with Gasteiger partial charge < -0.3 is 10.1 Å². The molecule has 1 atom stereocenters. The van der Waals surface area contributed by atoms with E-state index < -0.39 is 11.8 Å². The summed E-state index contributed by atoms with van der Waals surface area (Å²) >= 11 is 0. The summed E-state index contributed by atoms with van der Waals surface area (Å²) in [4.78, 5) is 23.4. The quantitative estimate of drug-likeness (QED) is 0.502. The molecule has 0 aromatic heterocycles. The van der Waals surface area contributed by atoms with Gasteiger partial charge in [-0.2, -0.15) is 5.10 Å². The molecule has 0 spiro atoms. The molecule has 2 amide bonds. The molecule has 24 heavy (non-hydrogen) atoms.